The van der Waals surface area contributed by atoms with E-state index in [9.17, 15) is 22.0 Å². The van der Waals surface area contributed by atoms with E-state index in [-0.39, 0.29) is 35.2 Å². The van der Waals surface area contributed by atoms with Crippen molar-refractivity contribution >= 4 is 38.9 Å². The van der Waals surface area contributed by atoms with E-state index in [0.29, 0.717) is 5.02 Å². The van der Waals surface area contributed by atoms with Crippen molar-refractivity contribution in [3.63, 3.8) is 0 Å². The monoisotopic (exact) mass is 508 g/mol. The highest BCUT2D eigenvalue weighted by Crippen LogP contribution is 2.39. The Hall–Kier alpha value is -3.21. The normalized spacial score (nSPS) is 15.4. The maximum Gasteiger partial charge on any atom is 0.264 e. The first-order valence-corrected chi connectivity index (χ1v) is 11.9. The Morgan fingerprint density at radius 1 is 1.15 bits per heavy atom. The summed E-state index contributed by atoms with van der Waals surface area (Å²) in [5, 5.41) is 2.79. The number of hydrogen-bond donors (Lipinski definition) is 1. The molecule has 7 nitrogen and oxygen atoms in total. The third-order valence-electron chi connectivity index (χ3n) is 5.09. The maximum atomic E-state index is 14.0. The van der Waals surface area contributed by atoms with E-state index in [2.05, 4.69) is 5.32 Å². The number of fused-ring (bicyclic) bond motifs is 1. The van der Waals surface area contributed by atoms with E-state index in [1.165, 1.54) is 49.6 Å². The number of amides is 1. The largest absolute Gasteiger partial charge is 0.484 e. The summed E-state index contributed by atoms with van der Waals surface area (Å²) in [5.74, 6) is -2.82. The minimum atomic E-state index is -4.05. The Kier molecular flexibility index (Phi) is 6.74. The quantitative estimate of drug-likeness (QED) is 0.531. The predicted molar refractivity (Wildman–Crippen MR) is 123 cm³/mol. The highest BCUT2D eigenvalue weighted by molar-refractivity contribution is 7.92. The van der Waals surface area contributed by atoms with E-state index < -0.39 is 39.2 Å². The van der Waals surface area contributed by atoms with Gasteiger partial charge in [0.05, 0.1) is 23.7 Å². The molecule has 1 atom stereocenters. The molecule has 1 N–H and O–H groups in total. The lowest BCUT2D eigenvalue weighted by atomic mass is 10.1. The van der Waals surface area contributed by atoms with Crippen molar-refractivity contribution in [3.8, 4) is 5.75 Å². The molecular weight excluding hydrogens is 490 g/mol. The molecule has 0 saturated heterocycles. The fraction of sp³-hybridized carbons (Fsp3) is 0.174. The summed E-state index contributed by atoms with van der Waals surface area (Å²) in [7, 11) is -2.58. The summed E-state index contributed by atoms with van der Waals surface area (Å²) in [6.07, 6.45) is -0.590. The SMILES string of the molecule is COCC1CN(S(=O)(=O)c2ccc(Cl)cc2)c2cc(NC(=O)c3c(F)cccc3F)ccc2O1. The van der Waals surface area contributed by atoms with Crippen molar-refractivity contribution in [2.75, 3.05) is 29.9 Å². The first-order valence-electron chi connectivity index (χ1n) is 10.0. The maximum absolute atomic E-state index is 14.0. The fourth-order valence-corrected chi connectivity index (χ4v) is 5.16. The van der Waals surface area contributed by atoms with Crippen LogP contribution in [0.5, 0.6) is 5.75 Å². The molecular formula is C23H19ClF2N2O5S. The van der Waals surface area contributed by atoms with Gasteiger partial charge in [0.2, 0.25) is 0 Å². The van der Waals surface area contributed by atoms with Gasteiger partial charge in [0, 0.05) is 17.8 Å². The molecule has 11 heteroatoms. The molecule has 1 heterocycles. The number of methoxy groups -OCH3 is 1. The summed E-state index contributed by atoms with van der Waals surface area (Å²) in [6, 6.07) is 13.0. The van der Waals surface area contributed by atoms with Crippen LogP contribution in [0, 0.1) is 11.6 Å². The molecule has 0 aromatic heterocycles. The van der Waals surface area contributed by atoms with E-state index in [1.807, 2.05) is 0 Å². The number of benzene rings is 3. The number of rotatable bonds is 6. The number of ether oxygens (including phenoxy) is 2. The number of carbonyl (C=O) groups is 1. The molecule has 4 rings (SSSR count). The second-order valence-corrected chi connectivity index (χ2v) is 9.72. The zero-order chi connectivity index (χ0) is 24.5. The second-order valence-electron chi connectivity index (χ2n) is 7.42. The number of nitrogens with one attached hydrogen (secondary N) is 1. The first kappa shape index (κ1) is 23.9. The fourth-order valence-electron chi connectivity index (χ4n) is 3.53. The molecule has 0 bridgehead atoms. The van der Waals surface area contributed by atoms with Gasteiger partial charge in [-0.1, -0.05) is 17.7 Å². The van der Waals surface area contributed by atoms with Crippen LogP contribution in [0.2, 0.25) is 5.02 Å². The van der Waals surface area contributed by atoms with Gasteiger partial charge in [0.15, 0.2) is 0 Å². The van der Waals surface area contributed by atoms with E-state index >= 15 is 0 Å². The van der Waals surface area contributed by atoms with Gasteiger partial charge < -0.3 is 14.8 Å². The second kappa shape index (κ2) is 9.57. The van der Waals surface area contributed by atoms with Crippen LogP contribution < -0.4 is 14.4 Å². The smallest absolute Gasteiger partial charge is 0.264 e. The molecule has 1 aliphatic heterocycles. The lowest BCUT2D eigenvalue weighted by Crippen LogP contribution is -2.45. The molecule has 0 radical (unpaired) electrons. The summed E-state index contributed by atoms with van der Waals surface area (Å²) in [5.41, 5.74) is -0.479. The Morgan fingerprint density at radius 2 is 1.82 bits per heavy atom. The third kappa shape index (κ3) is 4.70. The van der Waals surface area contributed by atoms with Gasteiger partial charge in [-0.05, 0) is 54.6 Å². The van der Waals surface area contributed by atoms with Crippen molar-refractivity contribution in [2.24, 2.45) is 0 Å². The molecule has 0 spiro atoms. The Bertz CT molecular complexity index is 1320. The van der Waals surface area contributed by atoms with Crippen molar-refractivity contribution < 1.29 is 31.5 Å². The van der Waals surface area contributed by atoms with Gasteiger partial charge in [-0.3, -0.25) is 9.10 Å². The standard InChI is InChI=1S/C23H19ClF2N2O5S/c1-32-13-16-12-28(34(30,31)17-8-5-14(24)6-9-17)20-11-15(7-10-21(20)33-16)27-23(29)22-18(25)3-2-4-19(22)26/h2-11,16H,12-13H2,1H3,(H,27,29). The molecule has 0 saturated carbocycles. The molecule has 178 valence electrons. The van der Waals surface area contributed by atoms with Crippen molar-refractivity contribution in [2.45, 2.75) is 11.0 Å². The first-order chi connectivity index (χ1) is 16.2. The molecule has 1 unspecified atom stereocenters. The molecule has 3 aromatic rings. The minimum Gasteiger partial charge on any atom is -0.484 e. The van der Waals surface area contributed by atoms with Crippen LogP contribution in [-0.2, 0) is 14.8 Å². The summed E-state index contributed by atoms with van der Waals surface area (Å²) in [4.78, 5) is 12.5. The Morgan fingerprint density at radius 3 is 2.47 bits per heavy atom. The van der Waals surface area contributed by atoms with Crippen molar-refractivity contribution in [3.05, 3.63) is 82.9 Å². The minimum absolute atomic E-state index is 0.00350. The Balaban J connectivity index is 1.72. The molecule has 0 aliphatic carbocycles. The van der Waals surface area contributed by atoms with E-state index in [1.54, 1.807) is 0 Å². The number of anilines is 2. The average Bonchev–Trinajstić information content (AvgIpc) is 2.79. The Labute approximate surface area is 199 Å². The third-order valence-corrected chi connectivity index (χ3v) is 7.14. The van der Waals surface area contributed by atoms with Gasteiger partial charge in [0.25, 0.3) is 15.9 Å². The number of nitrogens with zero attached hydrogens (tertiary/aromatic N) is 1. The summed E-state index contributed by atoms with van der Waals surface area (Å²) < 4.78 is 67.0. The summed E-state index contributed by atoms with van der Waals surface area (Å²) >= 11 is 5.90. The molecule has 0 fully saturated rings. The van der Waals surface area contributed by atoms with Crippen molar-refractivity contribution in [1.29, 1.82) is 0 Å². The van der Waals surface area contributed by atoms with Gasteiger partial charge >= 0.3 is 0 Å². The zero-order valence-electron chi connectivity index (χ0n) is 17.8. The highest BCUT2D eigenvalue weighted by atomic mass is 35.5. The van der Waals surface area contributed by atoms with Gasteiger partial charge in [-0.15, -0.1) is 0 Å². The van der Waals surface area contributed by atoms with Crippen molar-refractivity contribution in [1.82, 2.24) is 0 Å². The molecule has 1 aliphatic rings. The summed E-state index contributed by atoms with van der Waals surface area (Å²) in [6.45, 7) is 0.0717. The molecule has 3 aromatic carbocycles. The van der Waals surface area contributed by atoms with Crippen LogP contribution in [0.4, 0.5) is 20.2 Å². The number of carbonyl (C=O) groups excluding carboxylic acids is 1. The van der Waals surface area contributed by atoms with Crippen LogP contribution in [-0.4, -0.2) is 40.7 Å². The number of hydrogen-bond acceptors (Lipinski definition) is 5. The van der Waals surface area contributed by atoms with Crippen LogP contribution in [0.15, 0.2) is 65.6 Å². The molecule has 1 amide bonds. The number of halogens is 3. The molecule has 34 heavy (non-hydrogen) atoms. The van der Waals surface area contributed by atoms with Gasteiger partial charge in [-0.2, -0.15) is 0 Å². The van der Waals surface area contributed by atoms with Gasteiger partial charge in [-0.25, -0.2) is 17.2 Å². The van der Waals surface area contributed by atoms with E-state index in [4.69, 9.17) is 21.1 Å². The van der Waals surface area contributed by atoms with Crippen LogP contribution in [0.1, 0.15) is 10.4 Å². The lowest BCUT2D eigenvalue weighted by Gasteiger charge is -2.35. The predicted octanol–water partition coefficient (Wildman–Crippen LogP) is 4.47. The van der Waals surface area contributed by atoms with Crippen LogP contribution in [0.25, 0.3) is 0 Å². The zero-order valence-corrected chi connectivity index (χ0v) is 19.4. The average molecular weight is 509 g/mol. The van der Waals surface area contributed by atoms with Gasteiger partial charge in [0.1, 0.15) is 29.1 Å². The van der Waals surface area contributed by atoms with E-state index in [0.717, 1.165) is 22.5 Å². The van der Waals surface area contributed by atoms with Crippen LogP contribution >= 0.6 is 11.6 Å². The number of sulfonamides is 1. The topological polar surface area (TPSA) is 84.9 Å². The lowest BCUT2D eigenvalue weighted by molar-refractivity contribution is 0.0820. The highest BCUT2D eigenvalue weighted by Gasteiger charge is 2.35. The van der Waals surface area contributed by atoms with Crippen LogP contribution in [0.3, 0.4) is 0 Å².